The van der Waals surface area contributed by atoms with Gasteiger partial charge in [-0.25, -0.2) is 9.59 Å². The first-order valence-corrected chi connectivity index (χ1v) is 8.31. The van der Waals surface area contributed by atoms with Gasteiger partial charge in [-0.3, -0.25) is 0 Å². The Morgan fingerprint density at radius 1 is 0.800 bits per heavy atom. The van der Waals surface area contributed by atoms with E-state index in [1.807, 2.05) is 64.1 Å². The minimum Gasteiger partial charge on any atom is -0.458 e. The lowest BCUT2D eigenvalue weighted by molar-refractivity contribution is 0.00428. The third kappa shape index (κ3) is 4.47. The van der Waals surface area contributed by atoms with Crippen LogP contribution in [0.4, 0.5) is 0 Å². The van der Waals surface area contributed by atoms with Gasteiger partial charge >= 0.3 is 11.9 Å². The lowest BCUT2D eigenvalue weighted by Gasteiger charge is -2.16. The van der Waals surface area contributed by atoms with E-state index in [0.29, 0.717) is 11.1 Å². The van der Waals surface area contributed by atoms with E-state index in [0.717, 1.165) is 22.3 Å². The highest BCUT2D eigenvalue weighted by atomic mass is 16.6. The average molecular weight is 340 g/mol. The lowest BCUT2D eigenvalue weighted by Crippen LogP contribution is -2.23. The molecule has 4 nitrogen and oxygen atoms in total. The Morgan fingerprint density at radius 2 is 1.20 bits per heavy atom. The van der Waals surface area contributed by atoms with Crippen LogP contribution in [0.25, 0.3) is 0 Å². The molecule has 0 saturated carbocycles. The molecule has 132 valence electrons. The summed E-state index contributed by atoms with van der Waals surface area (Å²) in [4.78, 5) is 24.6. The summed E-state index contributed by atoms with van der Waals surface area (Å²) in [6, 6.07) is 11.3. The maximum Gasteiger partial charge on any atom is 0.339 e. The summed E-state index contributed by atoms with van der Waals surface area (Å²) in [7, 11) is 0. The van der Waals surface area contributed by atoms with Gasteiger partial charge in [-0.1, -0.05) is 36.4 Å². The molecule has 0 bridgehead atoms. The van der Waals surface area contributed by atoms with Gasteiger partial charge in [-0.2, -0.15) is 0 Å². The quantitative estimate of drug-likeness (QED) is 0.761. The number of hydrogen-bond acceptors (Lipinski definition) is 4. The molecule has 0 amide bonds. The van der Waals surface area contributed by atoms with Gasteiger partial charge in [-0.05, 0) is 56.9 Å². The van der Waals surface area contributed by atoms with E-state index in [4.69, 9.17) is 9.47 Å². The summed E-state index contributed by atoms with van der Waals surface area (Å²) in [5.41, 5.74) is 4.59. The van der Waals surface area contributed by atoms with E-state index in [2.05, 4.69) is 0 Å². The van der Waals surface area contributed by atoms with Crippen LogP contribution in [-0.2, 0) is 9.47 Å². The normalized spacial score (nSPS) is 11.7. The minimum absolute atomic E-state index is 0.0171. The third-order valence-electron chi connectivity index (χ3n) is 4.13. The van der Waals surface area contributed by atoms with Crippen LogP contribution in [0.3, 0.4) is 0 Å². The number of rotatable bonds is 5. The number of ether oxygens (including phenoxy) is 2. The van der Waals surface area contributed by atoms with Gasteiger partial charge in [0.25, 0.3) is 0 Å². The van der Waals surface area contributed by atoms with Crippen molar-refractivity contribution in [1.29, 1.82) is 0 Å². The van der Waals surface area contributed by atoms with Crippen molar-refractivity contribution >= 4 is 11.9 Å². The van der Waals surface area contributed by atoms with Crippen molar-refractivity contribution in [2.45, 2.75) is 40.7 Å². The number of carbonyl (C=O) groups excluding carboxylic acids is 2. The van der Waals surface area contributed by atoms with Crippen LogP contribution in [0.15, 0.2) is 36.4 Å². The summed E-state index contributed by atoms with van der Waals surface area (Å²) in [5, 5.41) is 0. The first kappa shape index (κ1) is 18.7. The summed E-state index contributed by atoms with van der Waals surface area (Å²) >= 11 is 0. The Labute approximate surface area is 148 Å². The molecule has 1 unspecified atom stereocenters. The molecular weight excluding hydrogens is 316 g/mol. The molecule has 0 aliphatic rings. The van der Waals surface area contributed by atoms with Crippen molar-refractivity contribution < 1.29 is 19.1 Å². The van der Waals surface area contributed by atoms with Crippen LogP contribution >= 0.6 is 0 Å². The molecule has 0 saturated heterocycles. The topological polar surface area (TPSA) is 52.6 Å². The number of benzene rings is 2. The molecule has 25 heavy (non-hydrogen) atoms. The van der Waals surface area contributed by atoms with E-state index >= 15 is 0 Å². The molecule has 0 aromatic heterocycles. The molecule has 2 rings (SSSR count). The molecule has 4 heteroatoms. The van der Waals surface area contributed by atoms with Gasteiger partial charge in [0.05, 0.1) is 11.1 Å². The van der Waals surface area contributed by atoms with Crippen LogP contribution in [0.2, 0.25) is 0 Å². The zero-order valence-corrected chi connectivity index (χ0v) is 15.4. The molecule has 0 N–H and O–H groups in total. The largest absolute Gasteiger partial charge is 0.458 e. The fraction of sp³-hybridized carbons (Fsp3) is 0.333. The van der Waals surface area contributed by atoms with Crippen molar-refractivity contribution in [3.8, 4) is 0 Å². The number of esters is 2. The van der Waals surface area contributed by atoms with Crippen LogP contribution in [0.1, 0.15) is 49.9 Å². The van der Waals surface area contributed by atoms with E-state index in [1.165, 1.54) is 0 Å². The lowest BCUT2D eigenvalue weighted by atomic mass is 10.0. The standard InChI is InChI=1S/C21H24O4/c1-13-8-6-9-14(2)18(13)20(22)24-12-17(5)25-21(23)19-15(3)10-7-11-16(19)4/h6-11,17H,12H2,1-5H3. The SMILES string of the molecule is Cc1cccc(C)c1C(=O)OCC(C)OC(=O)c1c(C)cccc1C. The molecule has 0 spiro atoms. The van der Waals surface area contributed by atoms with Crippen LogP contribution in [0.5, 0.6) is 0 Å². The summed E-state index contributed by atoms with van der Waals surface area (Å²) < 4.78 is 10.8. The van der Waals surface area contributed by atoms with E-state index in [1.54, 1.807) is 6.92 Å². The second-order valence-electron chi connectivity index (χ2n) is 6.35. The van der Waals surface area contributed by atoms with Gasteiger partial charge in [0, 0.05) is 0 Å². The van der Waals surface area contributed by atoms with Crippen molar-refractivity contribution in [2.24, 2.45) is 0 Å². The molecule has 2 aromatic carbocycles. The fourth-order valence-electron chi connectivity index (χ4n) is 2.81. The Balaban J connectivity index is 1.98. The minimum atomic E-state index is -0.528. The Morgan fingerprint density at radius 3 is 1.64 bits per heavy atom. The Hall–Kier alpha value is -2.62. The van der Waals surface area contributed by atoms with Gasteiger partial charge < -0.3 is 9.47 Å². The van der Waals surface area contributed by atoms with E-state index in [-0.39, 0.29) is 6.61 Å². The maximum absolute atomic E-state index is 12.4. The summed E-state index contributed by atoms with van der Waals surface area (Å²) in [6.07, 6.45) is -0.528. The predicted molar refractivity (Wildman–Crippen MR) is 97.0 cm³/mol. The molecule has 1 atom stereocenters. The van der Waals surface area contributed by atoms with Crippen molar-refractivity contribution in [2.75, 3.05) is 6.61 Å². The highest BCUT2D eigenvalue weighted by Crippen LogP contribution is 2.17. The first-order valence-electron chi connectivity index (χ1n) is 8.31. The zero-order chi connectivity index (χ0) is 18.6. The van der Waals surface area contributed by atoms with Crippen LogP contribution in [-0.4, -0.2) is 24.6 Å². The second-order valence-corrected chi connectivity index (χ2v) is 6.35. The molecule has 0 fully saturated rings. The van der Waals surface area contributed by atoms with E-state index < -0.39 is 18.0 Å². The fourth-order valence-corrected chi connectivity index (χ4v) is 2.81. The van der Waals surface area contributed by atoms with Gasteiger partial charge in [0.1, 0.15) is 12.7 Å². The van der Waals surface area contributed by atoms with Crippen LogP contribution in [0, 0.1) is 27.7 Å². The molecular formula is C21H24O4. The van der Waals surface area contributed by atoms with Gasteiger partial charge in [-0.15, -0.1) is 0 Å². The monoisotopic (exact) mass is 340 g/mol. The van der Waals surface area contributed by atoms with Gasteiger partial charge in [0.2, 0.25) is 0 Å². The molecule has 0 radical (unpaired) electrons. The van der Waals surface area contributed by atoms with Crippen molar-refractivity contribution in [3.63, 3.8) is 0 Å². The molecule has 0 heterocycles. The smallest absolute Gasteiger partial charge is 0.339 e. The highest BCUT2D eigenvalue weighted by molar-refractivity contribution is 5.93. The number of aryl methyl sites for hydroxylation is 4. The van der Waals surface area contributed by atoms with Crippen LogP contribution < -0.4 is 0 Å². The molecule has 0 aliphatic carbocycles. The highest BCUT2D eigenvalue weighted by Gasteiger charge is 2.19. The number of hydrogen-bond donors (Lipinski definition) is 0. The second kappa shape index (κ2) is 7.97. The third-order valence-corrected chi connectivity index (χ3v) is 4.13. The number of carbonyl (C=O) groups is 2. The first-order chi connectivity index (χ1) is 11.8. The van der Waals surface area contributed by atoms with Crippen molar-refractivity contribution in [3.05, 3.63) is 69.8 Å². The Kier molecular flexibility index (Phi) is 5.97. The summed E-state index contributed by atoms with van der Waals surface area (Å²) in [6.45, 7) is 9.21. The molecule has 2 aromatic rings. The van der Waals surface area contributed by atoms with Crippen molar-refractivity contribution in [1.82, 2.24) is 0 Å². The molecule has 0 aliphatic heterocycles. The van der Waals surface area contributed by atoms with E-state index in [9.17, 15) is 9.59 Å². The summed E-state index contributed by atoms with van der Waals surface area (Å²) in [5.74, 6) is -0.795. The Bertz CT molecular complexity index is 752. The zero-order valence-electron chi connectivity index (χ0n) is 15.4. The predicted octanol–water partition coefficient (Wildman–Crippen LogP) is 4.32. The maximum atomic E-state index is 12.4. The average Bonchev–Trinajstić information content (AvgIpc) is 2.52. The van der Waals surface area contributed by atoms with Gasteiger partial charge in [0.15, 0.2) is 0 Å².